The average molecular weight is 435 g/mol. The van der Waals surface area contributed by atoms with Crippen LogP contribution in [0.5, 0.6) is 0 Å². The minimum Gasteiger partial charge on any atom is -0.350 e. The van der Waals surface area contributed by atoms with E-state index in [4.69, 9.17) is 0 Å². The molecule has 2 bridgehead atoms. The number of pyridine rings is 1. The Morgan fingerprint density at radius 1 is 1.16 bits per heavy atom. The van der Waals surface area contributed by atoms with Crippen LogP contribution in [0.15, 0.2) is 30.7 Å². The summed E-state index contributed by atoms with van der Waals surface area (Å²) in [5, 5.41) is 3.10. The van der Waals surface area contributed by atoms with Crippen molar-refractivity contribution in [3.8, 4) is 0 Å². The van der Waals surface area contributed by atoms with Crippen LogP contribution in [0.1, 0.15) is 36.2 Å². The number of imidazole rings is 1. The van der Waals surface area contributed by atoms with Crippen LogP contribution in [0.3, 0.4) is 0 Å². The second kappa shape index (κ2) is 7.25. The van der Waals surface area contributed by atoms with Gasteiger partial charge in [0.2, 0.25) is 11.9 Å². The molecule has 3 aromatic heterocycles. The molecule has 0 unspecified atom stereocenters. The number of aldehydes is 1. The number of anilines is 3. The predicted octanol–water partition coefficient (Wildman–Crippen LogP) is 2.41. The fourth-order valence-electron chi connectivity index (χ4n) is 4.88. The molecule has 6 rings (SSSR count). The lowest BCUT2D eigenvalue weighted by atomic mass is 10.1. The van der Waals surface area contributed by atoms with E-state index in [1.54, 1.807) is 28.9 Å². The van der Waals surface area contributed by atoms with Crippen LogP contribution in [0.4, 0.5) is 21.8 Å². The highest BCUT2D eigenvalue weighted by atomic mass is 19.1. The zero-order valence-electron chi connectivity index (χ0n) is 17.3. The normalized spacial score (nSPS) is 22.4. The summed E-state index contributed by atoms with van der Waals surface area (Å²) in [7, 11) is 0. The minimum absolute atomic E-state index is 0.113. The first-order chi connectivity index (χ1) is 15.6. The third-order valence-electron chi connectivity index (χ3n) is 6.54. The first-order valence-electron chi connectivity index (χ1n) is 10.9. The molecular formula is C22H22FN7O2. The number of carbonyl (C=O) groups excluding carboxylic acids is 2. The number of hydrogen-bond acceptors (Lipinski definition) is 7. The van der Waals surface area contributed by atoms with Gasteiger partial charge in [0.1, 0.15) is 11.3 Å². The van der Waals surface area contributed by atoms with E-state index in [-0.39, 0.29) is 35.7 Å². The number of hydrogen-bond donors (Lipinski definition) is 1. The highest BCUT2D eigenvalue weighted by Crippen LogP contribution is 2.39. The molecule has 0 aromatic carbocycles. The molecule has 3 aromatic rings. The number of halogens is 1. The molecule has 3 fully saturated rings. The van der Waals surface area contributed by atoms with Crippen molar-refractivity contribution in [2.75, 3.05) is 23.3 Å². The Bertz CT molecular complexity index is 1210. The maximum atomic E-state index is 14.7. The second-order valence-corrected chi connectivity index (χ2v) is 8.76. The van der Waals surface area contributed by atoms with Gasteiger partial charge in [-0.05, 0) is 31.7 Å². The van der Waals surface area contributed by atoms with Gasteiger partial charge < -0.3 is 19.5 Å². The number of nitrogens with one attached hydrogen (secondary N) is 1. The minimum atomic E-state index is -0.476. The molecule has 0 radical (unpaired) electrons. The predicted molar refractivity (Wildman–Crippen MR) is 114 cm³/mol. The maximum Gasteiger partial charge on any atom is 0.229 e. The Balaban J connectivity index is 1.23. The molecule has 2 atom stereocenters. The number of rotatable bonds is 5. The van der Waals surface area contributed by atoms with E-state index >= 15 is 0 Å². The van der Waals surface area contributed by atoms with Crippen LogP contribution in [-0.4, -0.2) is 61.6 Å². The van der Waals surface area contributed by atoms with Crippen LogP contribution in [0, 0.1) is 11.7 Å². The Kier molecular flexibility index (Phi) is 4.34. The highest BCUT2D eigenvalue weighted by Gasteiger charge is 2.47. The van der Waals surface area contributed by atoms with Crippen LogP contribution >= 0.6 is 0 Å². The molecule has 10 heteroatoms. The molecule has 5 heterocycles. The molecule has 1 aliphatic carbocycles. The van der Waals surface area contributed by atoms with Crippen molar-refractivity contribution in [3.63, 3.8) is 0 Å². The van der Waals surface area contributed by atoms with Crippen molar-refractivity contribution in [2.45, 2.75) is 37.8 Å². The number of piperazine rings is 1. The van der Waals surface area contributed by atoms with Crippen molar-refractivity contribution < 1.29 is 14.0 Å². The van der Waals surface area contributed by atoms with Gasteiger partial charge in [-0.2, -0.15) is 4.98 Å². The summed E-state index contributed by atoms with van der Waals surface area (Å²) in [6.45, 7) is 1.16. The summed E-state index contributed by atoms with van der Waals surface area (Å²) in [6, 6.07) is 3.80. The molecule has 3 aliphatic rings. The monoisotopic (exact) mass is 435 g/mol. The summed E-state index contributed by atoms with van der Waals surface area (Å²) in [5.74, 6) is 0.525. The fourth-order valence-corrected chi connectivity index (χ4v) is 4.88. The molecular weight excluding hydrogens is 413 g/mol. The van der Waals surface area contributed by atoms with Crippen molar-refractivity contribution in [2.24, 2.45) is 5.92 Å². The largest absolute Gasteiger partial charge is 0.350 e. The smallest absolute Gasteiger partial charge is 0.229 e. The number of fused-ring (bicyclic) bond motifs is 3. The lowest BCUT2D eigenvalue weighted by Crippen LogP contribution is -2.56. The first-order valence-corrected chi connectivity index (χ1v) is 10.9. The van der Waals surface area contributed by atoms with Gasteiger partial charge in [0.05, 0.1) is 6.20 Å². The lowest BCUT2D eigenvalue weighted by molar-refractivity contribution is -0.135. The SMILES string of the molecule is O=Cc1cn2ccc(Nc3ncc(F)c(N4C[C@H]5CC[C@@H](C4)N5C(=O)C4CC4)n3)cc2n1. The molecule has 2 saturated heterocycles. The zero-order chi connectivity index (χ0) is 21.8. The molecule has 9 nitrogen and oxygen atoms in total. The first kappa shape index (κ1) is 19.1. The topological polar surface area (TPSA) is 95.7 Å². The maximum absolute atomic E-state index is 14.7. The Morgan fingerprint density at radius 3 is 2.66 bits per heavy atom. The van der Waals surface area contributed by atoms with E-state index in [0.29, 0.717) is 36.4 Å². The van der Waals surface area contributed by atoms with E-state index in [1.807, 2.05) is 4.90 Å². The Labute approximate surface area is 183 Å². The summed E-state index contributed by atoms with van der Waals surface area (Å²) in [4.78, 5) is 40.4. The van der Waals surface area contributed by atoms with E-state index in [2.05, 4.69) is 25.2 Å². The van der Waals surface area contributed by atoms with Gasteiger partial charge in [-0.3, -0.25) is 9.59 Å². The second-order valence-electron chi connectivity index (χ2n) is 8.76. The summed E-state index contributed by atoms with van der Waals surface area (Å²) in [5.41, 5.74) is 1.63. The molecule has 32 heavy (non-hydrogen) atoms. The zero-order valence-corrected chi connectivity index (χ0v) is 17.3. The molecule has 164 valence electrons. The van der Waals surface area contributed by atoms with Gasteiger partial charge in [-0.25, -0.2) is 14.4 Å². The van der Waals surface area contributed by atoms with Gasteiger partial charge in [0.15, 0.2) is 17.9 Å². The quantitative estimate of drug-likeness (QED) is 0.615. The number of aromatic nitrogens is 4. The van der Waals surface area contributed by atoms with E-state index in [1.165, 1.54) is 6.20 Å². The molecule has 2 aliphatic heterocycles. The van der Waals surface area contributed by atoms with Crippen molar-refractivity contribution in [3.05, 3.63) is 42.2 Å². The average Bonchev–Trinajstić information content (AvgIpc) is 3.51. The van der Waals surface area contributed by atoms with Gasteiger partial charge in [-0.1, -0.05) is 0 Å². The van der Waals surface area contributed by atoms with Crippen molar-refractivity contribution in [1.82, 2.24) is 24.3 Å². The van der Waals surface area contributed by atoms with Crippen LogP contribution in [-0.2, 0) is 4.79 Å². The van der Waals surface area contributed by atoms with E-state index in [0.717, 1.165) is 25.7 Å². The molecule has 1 amide bonds. The third kappa shape index (κ3) is 3.26. The van der Waals surface area contributed by atoms with Crippen molar-refractivity contribution in [1.29, 1.82) is 0 Å². The van der Waals surface area contributed by atoms with Gasteiger partial charge in [-0.15, -0.1) is 0 Å². The van der Waals surface area contributed by atoms with Gasteiger partial charge in [0.25, 0.3) is 0 Å². The summed E-state index contributed by atoms with van der Waals surface area (Å²) >= 11 is 0. The number of nitrogens with zero attached hydrogens (tertiary/aromatic N) is 6. The number of carbonyl (C=O) groups is 2. The molecule has 1 N–H and O–H groups in total. The third-order valence-corrected chi connectivity index (χ3v) is 6.54. The lowest BCUT2D eigenvalue weighted by Gasteiger charge is -2.41. The van der Waals surface area contributed by atoms with E-state index in [9.17, 15) is 14.0 Å². The molecule has 0 spiro atoms. The van der Waals surface area contributed by atoms with Crippen LogP contribution in [0.2, 0.25) is 0 Å². The summed E-state index contributed by atoms with van der Waals surface area (Å²) in [6.07, 6.45) is 9.17. The Morgan fingerprint density at radius 2 is 1.94 bits per heavy atom. The van der Waals surface area contributed by atoms with Crippen LogP contribution < -0.4 is 10.2 Å². The van der Waals surface area contributed by atoms with Gasteiger partial charge in [0, 0.05) is 55.2 Å². The van der Waals surface area contributed by atoms with Gasteiger partial charge >= 0.3 is 0 Å². The fraction of sp³-hybridized carbons (Fsp3) is 0.409. The Hall–Kier alpha value is -3.56. The van der Waals surface area contributed by atoms with Crippen LogP contribution in [0.25, 0.3) is 5.65 Å². The van der Waals surface area contributed by atoms with E-state index < -0.39 is 5.82 Å². The van der Waals surface area contributed by atoms with Crippen molar-refractivity contribution >= 4 is 35.3 Å². The molecule has 1 saturated carbocycles. The number of amides is 1. The standard InChI is InChI=1S/C22H22FN7O2/c23-18-8-24-22(26-14-5-6-28-9-15(12-31)25-19(28)7-14)27-20(18)29-10-16-3-4-17(11-29)30(16)21(32)13-1-2-13/h5-9,12-13,16-17H,1-4,10-11H2,(H,24,26,27)/t16-,17+. The highest BCUT2D eigenvalue weighted by molar-refractivity contribution is 5.82. The summed E-state index contributed by atoms with van der Waals surface area (Å²) < 4.78 is 16.4.